The van der Waals surface area contributed by atoms with Gasteiger partial charge in [-0.25, -0.2) is 9.78 Å². The fourth-order valence-corrected chi connectivity index (χ4v) is 6.27. The van der Waals surface area contributed by atoms with Crippen LogP contribution in [0.3, 0.4) is 0 Å². The van der Waals surface area contributed by atoms with Crippen LogP contribution in [0.25, 0.3) is 0 Å². The number of carbonyl (C=O) groups excluding carboxylic acids is 1. The third kappa shape index (κ3) is 6.44. The molecular weight excluding hydrogens is 424 g/mol. The van der Waals surface area contributed by atoms with Crippen LogP contribution in [0, 0.1) is 5.92 Å². The lowest BCUT2D eigenvalue weighted by Gasteiger charge is -2.43. The number of hydrogen-bond donors (Lipinski definition) is 2. The number of unbranched alkanes of at least 4 members (excludes halogenated alkanes) is 2. The van der Waals surface area contributed by atoms with E-state index in [2.05, 4.69) is 16.8 Å². The lowest BCUT2D eigenvalue weighted by atomic mass is 9.78. The van der Waals surface area contributed by atoms with Crippen molar-refractivity contribution in [2.24, 2.45) is 11.7 Å². The number of rotatable bonds is 5. The Labute approximate surface area is 196 Å². The minimum Gasteiger partial charge on any atom is -0.465 e. The van der Waals surface area contributed by atoms with Gasteiger partial charge in [0.05, 0.1) is 5.01 Å². The van der Waals surface area contributed by atoms with Gasteiger partial charge in [0.2, 0.25) is 0 Å². The second-order valence-corrected chi connectivity index (χ2v) is 10.3. The van der Waals surface area contributed by atoms with Crippen LogP contribution in [0.5, 0.6) is 0 Å². The van der Waals surface area contributed by atoms with E-state index < -0.39 is 6.09 Å². The van der Waals surface area contributed by atoms with Crippen molar-refractivity contribution in [2.45, 2.75) is 89.5 Å². The first-order valence-electron chi connectivity index (χ1n) is 12.5. The SMILES string of the molecule is CCCCCN.O=C(O)N1CCC(c2nc(C(=O)N3CCCC4CCCCC43)cs2)CC1. The number of carbonyl (C=O) groups is 2. The van der Waals surface area contributed by atoms with Crippen LogP contribution >= 0.6 is 11.3 Å². The molecule has 3 N–H and O–H groups in total. The van der Waals surface area contributed by atoms with Gasteiger partial charge >= 0.3 is 6.09 Å². The summed E-state index contributed by atoms with van der Waals surface area (Å²) < 4.78 is 0. The summed E-state index contributed by atoms with van der Waals surface area (Å²) in [7, 11) is 0. The molecular formula is C24H40N4O3S. The van der Waals surface area contributed by atoms with Crippen molar-refractivity contribution in [3.63, 3.8) is 0 Å². The van der Waals surface area contributed by atoms with Crippen molar-refractivity contribution >= 4 is 23.3 Å². The molecule has 0 bridgehead atoms. The molecule has 7 nitrogen and oxygen atoms in total. The van der Waals surface area contributed by atoms with E-state index in [0.717, 1.165) is 43.8 Å². The Kier molecular flexibility index (Phi) is 9.78. The number of hydrogen-bond acceptors (Lipinski definition) is 5. The number of carboxylic acid groups (broad SMARTS) is 1. The number of amides is 2. The summed E-state index contributed by atoms with van der Waals surface area (Å²) >= 11 is 1.56. The molecule has 2 atom stereocenters. The predicted molar refractivity (Wildman–Crippen MR) is 128 cm³/mol. The van der Waals surface area contributed by atoms with Crippen LogP contribution < -0.4 is 5.73 Å². The molecule has 1 aromatic rings. The minimum absolute atomic E-state index is 0.104. The van der Waals surface area contributed by atoms with Gasteiger partial charge in [0, 0.05) is 37.0 Å². The number of fused-ring (bicyclic) bond motifs is 1. The van der Waals surface area contributed by atoms with Crippen molar-refractivity contribution in [3.05, 3.63) is 16.1 Å². The highest BCUT2D eigenvalue weighted by Crippen LogP contribution is 2.36. The summed E-state index contributed by atoms with van der Waals surface area (Å²) in [5, 5.41) is 12.0. The van der Waals surface area contributed by atoms with Crippen LogP contribution in [0.2, 0.25) is 0 Å². The summed E-state index contributed by atoms with van der Waals surface area (Å²) in [6.45, 7) is 5.00. The number of piperidine rings is 2. The van der Waals surface area contributed by atoms with Crippen molar-refractivity contribution < 1.29 is 14.7 Å². The molecule has 3 fully saturated rings. The zero-order valence-corrected chi connectivity index (χ0v) is 20.3. The molecule has 2 aliphatic heterocycles. The van der Waals surface area contributed by atoms with Crippen molar-refractivity contribution in [2.75, 3.05) is 26.2 Å². The molecule has 2 unspecified atom stereocenters. The lowest BCUT2D eigenvalue weighted by Crippen LogP contribution is -2.49. The number of nitrogens with two attached hydrogens (primary N) is 1. The second-order valence-electron chi connectivity index (χ2n) is 9.36. The largest absolute Gasteiger partial charge is 0.465 e. The standard InChI is InChI=1S/C19H27N3O3S.C5H13N/c23-18(22-9-3-5-13-4-1-2-6-16(13)22)15-12-26-17(20-15)14-7-10-21(11-8-14)19(24)25;1-2-3-4-5-6/h12-14,16H,1-11H2,(H,24,25);2-6H2,1H3. The molecule has 180 valence electrons. The van der Waals surface area contributed by atoms with E-state index in [1.807, 2.05) is 5.38 Å². The van der Waals surface area contributed by atoms with E-state index in [0.29, 0.717) is 30.7 Å². The third-order valence-electron chi connectivity index (χ3n) is 7.17. The Morgan fingerprint density at radius 2 is 1.81 bits per heavy atom. The molecule has 3 aliphatic rings. The van der Waals surface area contributed by atoms with Gasteiger partial charge < -0.3 is 20.6 Å². The fraction of sp³-hybridized carbons (Fsp3) is 0.792. The van der Waals surface area contributed by atoms with Gasteiger partial charge in [-0.2, -0.15) is 0 Å². The average Bonchev–Trinajstić information content (AvgIpc) is 3.33. The van der Waals surface area contributed by atoms with Crippen LogP contribution in [0.15, 0.2) is 5.38 Å². The maximum absolute atomic E-state index is 13.1. The van der Waals surface area contributed by atoms with Gasteiger partial charge in [-0.1, -0.05) is 32.6 Å². The summed E-state index contributed by atoms with van der Waals surface area (Å²) in [6.07, 6.45) is 11.8. The highest BCUT2D eigenvalue weighted by Gasteiger charge is 2.37. The molecule has 0 spiro atoms. The van der Waals surface area contributed by atoms with E-state index in [1.165, 1.54) is 49.8 Å². The van der Waals surface area contributed by atoms with Gasteiger partial charge in [-0.3, -0.25) is 4.79 Å². The maximum atomic E-state index is 13.1. The van der Waals surface area contributed by atoms with E-state index in [4.69, 9.17) is 10.8 Å². The van der Waals surface area contributed by atoms with Crippen molar-refractivity contribution in [1.29, 1.82) is 0 Å². The van der Waals surface area contributed by atoms with Gasteiger partial charge in [-0.15, -0.1) is 11.3 Å². The molecule has 8 heteroatoms. The van der Waals surface area contributed by atoms with Crippen LogP contribution in [-0.2, 0) is 0 Å². The van der Waals surface area contributed by atoms with Gasteiger partial charge in [-0.05, 0) is 57.4 Å². The summed E-state index contributed by atoms with van der Waals surface area (Å²) in [4.78, 5) is 32.4. The molecule has 3 heterocycles. The molecule has 2 amide bonds. The Balaban J connectivity index is 0.000000427. The van der Waals surface area contributed by atoms with E-state index in [1.54, 1.807) is 11.3 Å². The highest BCUT2D eigenvalue weighted by atomic mass is 32.1. The fourth-order valence-electron chi connectivity index (χ4n) is 5.31. The zero-order chi connectivity index (χ0) is 22.9. The summed E-state index contributed by atoms with van der Waals surface area (Å²) in [6, 6.07) is 0.411. The highest BCUT2D eigenvalue weighted by molar-refractivity contribution is 7.09. The molecule has 2 saturated heterocycles. The minimum atomic E-state index is -0.842. The second kappa shape index (κ2) is 12.5. The maximum Gasteiger partial charge on any atom is 0.407 e. The number of aromatic nitrogens is 1. The van der Waals surface area contributed by atoms with E-state index in [-0.39, 0.29) is 11.8 Å². The van der Waals surface area contributed by atoms with E-state index in [9.17, 15) is 9.59 Å². The summed E-state index contributed by atoms with van der Waals surface area (Å²) in [5.74, 6) is 1.06. The molecule has 1 aliphatic carbocycles. The van der Waals surface area contributed by atoms with Crippen LogP contribution in [0.1, 0.15) is 99.0 Å². The van der Waals surface area contributed by atoms with Gasteiger partial charge in [0.15, 0.2) is 0 Å². The Bertz CT molecular complexity index is 727. The van der Waals surface area contributed by atoms with Gasteiger partial charge in [0.25, 0.3) is 5.91 Å². The number of nitrogens with zero attached hydrogens (tertiary/aromatic N) is 3. The molecule has 32 heavy (non-hydrogen) atoms. The molecule has 1 saturated carbocycles. The third-order valence-corrected chi connectivity index (χ3v) is 8.17. The Morgan fingerprint density at radius 3 is 2.47 bits per heavy atom. The Morgan fingerprint density at radius 1 is 1.09 bits per heavy atom. The Hall–Kier alpha value is -1.67. The first-order valence-corrected chi connectivity index (χ1v) is 13.4. The van der Waals surface area contributed by atoms with Crippen LogP contribution in [0.4, 0.5) is 4.79 Å². The van der Waals surface area contributed by atoms with Crippen molar-refractivity contribution in [1.82, 2.24) is 14.8 Å². The number of likely N-dealkylation sites (tertiary alicyclic amines) is 2. The van der Waals surface area contributed by atoms with E-state index >= 15 is 0 Å². The lowest BCUT2D eigenvalue weighted by molar-refractivity contribution is 0.0386. The average molecular weight is 465 g/mol. The van der Waals surface area contributed by atoms with Crippen LogP contribution in [-0.4, -0.2) is 64.1 Å². The molecule has 0 radical (unpaired) electrons. The molecule has 0 aromatic carbocycles. The first-order chi connectivity index (χ1) is 15.5. The smallest absolute Gasteiger partial charge is 0.407 e. The normalized spacial score (nSPS) is 23.8. The predicted octanol–water partition coefficient (Wildman–Crippen LogP) is 4.93. The molecule has 4 rings (SSSR count). The quantitative estimate of drug-likeness (QED) is 0.602. The van der Waals surface area contributed by atoms with Crippen molar-refractivity contribution in [3.8, 4) is 0 Å². The van der Waals surface area contributed by atoms with Gasteiger partial charge in [0.1, 0.15) is 5.69 Å². The topological polar surface area (TPSA) is 99.8 Å². The monoisotopic (exact) mass is 464 g/mol. The number of thiazole rings is 1. The summed E-state index contributed by atoms with van der Waals surface area (Å²) in [5.41, 5.74) is 5.81. The zero-order valence-electron chi connectivity index (χ0n) is 19.5. The first kappa shape index (κ1) is 25.0. The molecule has 1 aromatic heterocycles.